The fourth-order valence-electron chi connectivity index (χ4n) is 7.25. The highest BCUT2D eigenvalue weighted by Gasteiger charge is 2.48. The van der Waals surface area contributed by atoms with Gasteiger partial charge in [0.25, 0.3) is 5.91 Å². The largest absolute Gasteiger partial charge is 0.350 e. The van der Waals surface area contributed by atoms with E-state index in [0.717, 1.165) is 50.5 Å². The van der Waals surface area contributed by atoms with Crippen molar-refractivity contribution in [3.8, 4) is 0 Å². The van der Waals surface area contributed by atoms with Gasteiger partial charge in [-0.3, -0.25) is 24.0 Å². The zero-order valence-corrected chi connectivity index (χ0v) is 30.7. The molecular formula is C38H58N6O6. The molecule has 50 heavy (non-hydrogen) atoms. The third-order valence-corrected chi connectivity index (χ3v) is 10.5. The zero-order chi connectivity index (χ0) is 36.6. The molecule has 2 unspecified atom stereocenters. The molecule has 4 rings (SSSR count). The van der Waals surface area contributed by atoms with Crippen LogP contribution in [0.3, 0.4) is 0 Å². The summed E-state index contributed by atoms with van der Waals surface area (Å²) < 4.78 is 0. The van der Waals surface area contributed by atoms with Crippen LogP contribution >= 0.6 is 0 Å². The van der Waals surface area contributed by atoms with Gasteiger partial charge in [-0.2, -0.15) is 0 Å². The van der Waals surface area contributed by atoms with Gasteiger partial charge in [0.15, 0.2) is 0 Å². The van der Waals surface area contributed by atoms with Crippen molar-refractivity contribution in [1.82, 2.24) is 31.5 Å². The Morgan fingerprint density at radius 1 is 0.900 bits per heavy atom. The Morgan fingerprint density at radius 3 is 2.16 bits per heavy atom. The molecule has 6 amide bonds. The van der Waals surface area contributed by atoms with E-state index in [1.807, 2.05) is 71.9 Å². The topological polar surface area (TPSA) is 166 Å². The lowest BCUT2D eigenvalue weighted by atomic mass is 9.83. The van der Waals surface area contributed by atoms with Crippen LogP contribution in [0.1, 0.15) is 105 Å². The number of ketones is 1. The summed E-state index contributed by atoms with van der Waals surface area (Å²) in [4.78, 5) is 82.1. The molecule has 276 valence electrons. The predicted molar refractivity (Wildman–Crippen MR) is 190 cm³/mol. The predicted octanol–water partition coefficient (Wildman–Crippen LogP) is 3.58. The summed E-state index contributed by atoms with van der Waals surface area (Å²) in [6, 6.07) is 6.04. The Kier molecular flexibility index (Phi) is 13.1. The molecule has 2 aliphatic carbocycles. The SMILES string of the molecule is CC(C)C1CCN(C(=O)[C@@H](NC(=O)NC2(C)CCCCC2)C(C)(C)C)[C@@H]1C(=O)NC(CC1CC1)C(=O)C(=O)NCC(=O)NCc1ccccc1. The average Bonchev–Trinajstić information content (AvgIpc) is 3.77. The summed E-state index contributed by atoms with van der Waals surface area (Å²) in [5.41, 5.74) is -0.0979. The van der Waals surface area contributed by atoms with Gasteiger partial charge in [-0.15, -0.1) is 0 Å². The molecule has 1 saturated heterocycles. The Balaban J connectivity index is 1.43. The highest BCUT2D eigenvalue weighted by molar-refractivity contribution is 6.38. The van der Waals surface area contributed by atoms with Crippen LogP contribution in [0.5, 0.6) is 0 Å². The Morgan fingerprint density at radius 2 is 1.56 bits per heavy atom. The van der Waals surface area contributed by atoms with Gasteiger partial charge in [0, 0.05) is 18.6 Å². The summed E-state index contributed by atoms with van der Waals surface area (Å²) in [6.45, 7) is 11.9. The van der Waals surface area contributed by atoms with Crippen molar-refractivity contribution in [2.24, 2.45) is 23.2 Å². The molecule has 1 aromatic carbocycles. The average molecular weight is 695 g/mol. The maximum atomic E-state index is 14.3. The van der Waals surface area contributed by atoms with Crippen LogP contribution in [0.15, 0.2) is 30.3 Å². The number of carbonyl (C=O) groups is 6. The van der Waals surface area contributed by atoms with Gasteiger partial charge >= 0.3 is 6.03 Å². The summed E-state index contributed by atoms with van der Waals surface area (Å²) >= 11 is 0. The number of amides is 6. The maximum Gasteiger partial charge on any atom is 0.315 e. The van der Waals surface area contributed by atoms with E-state index in [4.69, 9.17) is 0 Å². The van der Waals surface area contributed by atoms with Gasteiger partial charge in [-0.25, -0.2) is 4.79 Å². The van der Waals surface area contributed by atoms with Crippen LogP contribution < -0.4 is 26.6 Å². The van der Waals surface area contributed by atoms with Crippen LogP contribution in [-0.4, -0.2) is 77.1 Å². The second-order valence-corrected chi connectivity index (χ2v) is 16.2. The third kappa shape index (κ3) is 10.8. The fourth-order valence-corrected chi connectivity index (χ4v) is 7.25. The molecule has 2 saturated carbocycles. The first-order valence-electron chi connectivity index (χ1n) is 18.4. The van der Waals surface area contributed by atoms with E-state index in [0.29, 0.717) is 19.4 Å². The van der Waals surface area contributed by atoms with E-state index in [1.54, 1.807) is 4.90 Å². The summed E-state index contributed by atoms with van der Waals surface area (Å²) in [5.74, 6) is -2.99. The molecule has 0 aromatic heterocycles. The van der Waals surface area contributed by atoms with Crippen LogP contribution in [-0.2, 0) is 30.5 Å². The first-order chi connectivity index (χ1) is 23.6. The molecule has 4 atom stereocenters. The van der Waals surface area contributed by atoms with Crippen LogP contribution in [0.25, 0.3) is 0 Å². The quantitative estimate of drug-likeness (QED) is 0.187. The van der Waals surface area contributed by atoms with Gasteiger partial charge in [-0.05, 0) is 61.3 Å². The standard InChI is InChI=1S/C38H58N6O6/c1-24(2)27-17-20-44(35(49)32(37(3,4)5)42-36(50)43-38(6)18-11-8-12-19-38)30(27)33(47)41-28(21-25-15-16-25)31(46)34(48)40-23-29(45)39-22-26-13-9-7-10-14-26/h7,9-10,13-14,24-25,27-28,30,32H,8,11-12,15-23H2,1-6H3,(H,39,45)(H,40,48)(H,41,47)(H2,42,43,50)/t27?,28?,30-,32+/m0/s1. The molecule has 1 aromatic rings. The van der Waals surface area contributed by atoms with Crippen molar-refractivity contribution in [3.05, 3.63) is 35.9 Å². The van der Waals surface area contributed by atoms with E-state index in [9.17, 15) is 28.8 Å². The number of hydrogen-bond donors (Lipinski definition) is 5. The van der Waals surface area contributed by atoms with Crippen molar-refractivity contribution in [2.75, 3.05) is 13.1 Å². The van der Waals surface area contributed by atoms with E-state index < -0.39 is 53.1 Å². The Bertz CT molecular complexity index is 1380. The van der Waals surface area contributed by atoms with E-state index in [-0.39, 0.29) is 42.3 Å². The third-order valence-electron chi connectivity index (χ3n) is 10.5. The number of Topliss-reactive ketones (excluding diaryl/α,β-unsaturated/α-hetero) is 1. The molecule has 3 fully saturated rings. The number of nitrogens with one attached hydrogen (secondary N) is 5. The smallest absolute Gasteiger partial charge is 0.315 e. The monoisotopic (exact) mass is 694 g/mol. The molecule has 1 heterocycles. The van der Waals surface area contributed by atoms with Gasteiger partial charge < -0.3 is 31.5 Å². The van der Waals surface area contributed by atoms with E-state index >= 15 is 0 Å². The van der Waals surface area contributed by atoms with Crippen molar-refractivity contribution >= 4 is 35.4 Å². The number of likely N-dealkylation sites (tertiary alicyclic amines) is 1. The first-order valence-corrected chi connectivity index (χ1v) is 18.4. The number of urea groups is 1. The van der Waals surface area contributed by atoms with E-state index in [2.05, 4.69) is 26.6 Å². The first kappa shape index (κ1) is 38.8. The summed E-state index contributed by atoms with van der Waals surface area (Å²) in [7, 11) is 0. The van der Waals surface area contributed by atoms with Crippen molar-refractivity contribution < 1.29 is 28.8 Å². The van der Waals surface area contributed by atoms with Gasteiger partial charge in [0.1, 0.15) is 12.1 Å². The fraction of sp³-hybridized carbons (Fsp3) is 0.684. The number of benzene rings is 1. The van der Waals surface area contributed by atoms with Gasteiger partial charge in [-0.1, -0.05) is 97.1 Å². The maximum absolute atomic E-state index is 14.3. The molecule has 12 heteroatoms. The van der Waals surface area contributed by atoms with Crippen LogP contribution in [0, 0.1) is 23.2 Å². The van der Waals surface area contributed by atoms with Crippen LogP contribution in [0.2, 0.25) is 0 Å². The molecule has 0 spiro atoms. The molecule has 0 bridgehead atoms. The molecule has 1 aliphatic heterocycles. The Labute approximate surface area is 297 Å². The van der Waals surface area contributed by atoms with Crippen molar-refractivity contribution in [2.45, 2.75) is 130 Å². The van der Waals surface area contributed by atoms with Crippen molar-refractivity contribution in [1.29, 1.82) is 0 Å². The highest BCUT2D eigenvalue weighted by Crippen LogP contribution is 2.36. The minimum absolute atomic E-state index is 0.0504. The molecule has 12 nitrogen and oxygen atoms in total. The molecular weight excluding hydrogens is 636 g/mol. The second-order valence-electron chi connectivity index (χ2n) is 16.2. The number of hydrogen-bond acceptors (Lipinski definition) is 6. The highest BCUT2D eigenvalue weighted by atomic mass is 16.2. The lowest BCUT2D eigenvalue weighted by Crippen LogP contribution is -2.62. The number of nitrogens with zero attached hydrogens (tertiary/aromatic N) is 1. The molecule has 3 aliphatic rings. The van der Waals surface area contributed by atoms with Gasteiger partial charge in [0.2, 0.25) is 23.5 Å². The number of rotatable bonds is 14. The summed E-state index contributed by atoms with van der Waals surface area (Å²) in [5, 5.41) is 14.0. The number of carbonyl (C=O) groups excluding carboxylic acids is 6. The lowest BCUT2D eigenvalue weighted by molar-refractivity contribution is -0.145. The minimum atomic E-state index is -1.09. The van der Waals surface area contributed by atoms with Crippen molar-refractivity contribution in [3.63, 3.8) is 0 Å². The minimum Gasteiger partial charge on any atom is -0.350 e. The summed E-state index contributed by atoms with van der Waals surface area (Å²) in [6.07, 6.45) is 7.64. The molecule has 5 N–H and O–H groups in total. The zero-order valence-electron chi connectivity index (χ0n) is 30.7. The second kappa shape index (κ2) is 16.8. The molecule has 0 radical (unpaired) electrons. The lowest BCUT2D eigenvalue weighted by Gasteiger charge is -2.39. The van der Waals surface area contributed by atoms with Gasteiger partial charge in [0.05, 0.1) is 12.6 Å². The Hall–Kier alpha value is -3.96. The normalized spacial score (nSPS) is 21.5. The van der Waals surface area contributed by atoms with Crippen LogP contribution in [0.4, 0.5) is 4.79 Å². The van der Waals surface area contributed by atoms with E-state index in [1.165, 1.54) is 0 Å².